The van der Waals surface area contributed by atoms with Crippen molar-refractivity contribution in [1.82, 2.24) is 30.0 Å². The van der Waals surface area contributed by atoms with Gasteiger partial charge in [-0.3, -0.25) is 5.32 Å². The molecule has 0 aliphatic carbocycles. The second kappa shape index (κ2) is 9.63. The molecule has 3 aromatic rings. The molecule has 1 fully saturated rings. The standard InChI is InChI=1S/C21H27N7O2S/c1-14-25-26-20(31-14)17-5-4-15-13-22-19(12-18(15)23-17)24-21(29)28-8-6-16(7-9-28)27(2)10-11-30-3/h4-5,12-13,16H,6-11H2,1-3H3,(H,22,24,29). The lowest BCUT2D eigenvalue weighted by atomic mass is 10.0. The molecular weight excluding hydrogens is 414 g/mol. The third-order valence-electron chi connectivity index (χ3n) is 5.58. The molecular formula is C21H27N7O2S. The van der Waals surface area contributed by atoms with Gasteiger partial charge in [0.1, 0.15) is 16.5 Å². The van der Waals surface area contributed by atoms with Crippen molar-refractivity contribution in [3.05, 3.63) is 29.4 Å². The predicted molar refractivity (Wildman–Crippen MR) is 121 cm³/mol. The van der Waals surface area contributed by atoms with Crippen LogP contribution in [0.15, 0.2) is 24.4 Å². The van der Waals surface area contributed by atoms with Gasteiger partial charge in [0.15, 0.2) is 5.01 Å². The van der Waals surface area contributed by atoms with Gasteiger partial charge in [-0.25, -0.2) is 14.8 Å². The first-order valence-electron chi connectivity index (χ1n) is 10.4. The second-order valence-electron chi connectivity index (χ2n) is 7.71. The SMILES string of the molecule is COCCN(C)C1CCN(C(=O)Nc2cc3nc(-c4nnc(C)s4)ccc3cn2)CC1. The molecule has 0 spiro atoms. The highest BCUT2D eigenvalue weighted by Crippen LogP contribution is 2.24. The zero-order valence-corrected chi connectivity index (χ0v) is 18.9. The first-order valence-corrected chi connectivity index (χ1v) is 11.2. The molecule has 0 aromatic carbocycles. The number of aromatic nitrogens is 4. The molecule has 4 heterocycles. The third-order valence-corrected chi connectivity index (χ3v) is 6.44. The monoisotopic (exact) mass is 441 g/mol. The molecule has 9 nitrogen and oxygen atoms in total. The fourth-order valence-corrected chi connectivity index (χ4v) is 4.38. The van der Waals surface area contributed by atoms with E-state index in [-0.39, 0.29) is 6.03 Å². The van der Waals surface area contributed by atoms with Crippen molar-refractivity contribution in [2.45, 2.75) is 25.8 Å². The van der Waals surface area contributed by atoms with E-state index in [1.54, 1.807) is 19.4 Å². The molecule has 10 heteroatoms. The number of amides is 2. The molecule has 4 rings (SSSR count). The summed E-state index contributed by atoms with van der Waals surface area (Å²) in [4.78, 5) is 26.0. The number of aryl methyl sites for hydroxylation is 1. The predicted octanol–water partition coefficient (Wildman–Crippen LogP) is 3.03. The number of ether oxygens (including phenoxy) is 1. The Morgan fingerprint density at radius 1 is 1.32 bits per heavy atom. The van der Waals surface area contributed by atoms with Crippen molar-refractivity contribution in [3.63, 3.8) is 0 Å². The van der Waals surface area contributed by atoms with E-state index in [1.807, 2.05) is 24.0 Å². The maximum Gasteiger partial charge on any atom is 0.323 e. The van der Waals surface area contributed by atoms with Crippen LogP contribution in [0.1, 0.15) is 17.8 Å². The number of hydrogen-bond acceptors (Lipinski definition) is 8. The van der Waals surface area contributed by atoms with E-state index in [9.17, 15) is 4.79 Å². The quantitative estimate of drug-likeness (QED) is 0.628. The number of fused-ring (bicyclic) bond motifs is 1. The summed E-state index contributed by atoms with van der Waals surface area (Å²) < 4.78 is 5.16. The van der Waals surface area contributed by atoms with Gasteiger partial charge in [-0.05, 0) is 38.9 Å². The first-order chi connectivity index (χ1) is 15.0. The number of carbonyl (C=O) groups excluding carboxylic acids is 1. The first kappa shape index (κ1) is 21.5. The van der Waals surface area contributed by atoms with Gasteiger partial charge in [-0.2, -0.15) is 0 Å². The summed E-state index contributed by atoms with van der Waals surface area (Å²) in [5, 5.41) is 13.7. The summed E-state index contributed by atoms with van der Waals surface area (Å²) >= 11 is 1.50. The van der Waals surface area contributed by atoms with E-state index in [0.29, 0.717) is 11.9 Å². The molecule has 2 amide bonds. The number of likely N-dealkylation sites (tertiary alicyclic amines) is 1. The van der Waals surface area contributed by atoms with Crippen molar-refractivity contribution in [3.8, 4) is 10.7 Å². The number of carbonyl (C=O) groups is 1. The molecule has 1 aliphatic rings. The molecule has 0 atom stereocenters. The lowest BCUT2D eigenvalue weighted by molar-refractivity contribution is 0.106. The van der Waals surface area contributed by atoms with E-state index in [2.05, 4.69) is 37.4 Å². The van der Waals surface area contributed by atoms with Crippen LogP contribution in [0.3, 0.4) is 0 Å². The molecule has 1 N–H and O–H groups in total. The van der Waals surface area contributed by atoms with Crippen LogP contribution < -0.4 is 5.32 Å². The van der Waals surface area contributed by atoms with Crippen LogP contribution in [0.2, 0.25) is 0 Å². The number of rotatable bonds is 6. The van der Waals surface area contributed by atoms with Gasteiger partial charge in [0, 0.05) is 50.4 Å². The van der Waals surface area contributed by atoms with Crippen LogP contribution in [0.4, 0.5) is 10.6 Å². The molecule has 164 valence electrons. The lowest BCUT2D eigenvalue weighted by Gasteiger charge is -2.36. The van der Waals surface area contributed by atoms with E-state index in [4.69, 9.17) is 4.74 Å². The van der Waals surface area contributed by atoms with Crippen LogP contribution in [-0.2, 0) is 4.74 Å². The Hall–Kier alpha value is -2.69. The van der Waals surface area contributed by atoms with Crippen molar-refractivity contribution < 1.29 is 9.53 Å². The molecule has 0 saturated carbocycles. The van der Waals surface area contributed by atoms with Crippen LogP contribution in [0.5, 0.6) is 0 Å². The molecule has 0 radical (unpaired) electrons. The molecule has 0 unspecified atom stereocenters. The Balaban J connectivity index is 1.39. The summed E-state index contributed by atoms with van der Waals surface area (Å²) in [6.07, 6.45) is 3.63. The smallest absolute Gasteiger partial charge is 0.323 e. The van der Waals surface area contributed by atoms with Gasteiger partial charge in [0.05, 0.1) is 12.1 Å². The fourth-order valence-electron chi connectivity index (χ4n) is 3.72. The van der Waals surface area contributed by atoms with E-state index in [1.165, 1.54) is 11.3 Å². The largest absolute Gasteiger partial charge is 0.383 e. The van der Waals surface area contributed by atoms with E-state index >= 15 is 0 Å². The van der Waals surface area contributed by atoms with E-state index in [0.717, 1.165) is 65.7 Å². The van der Waals surface area contributed by atoms with Crippen LogP contribution >= 0.6 is 11.3 Å². The maximum atomic E-state index is 12.7. The van der Waals surface area contributed by atoms with Gasteiger partial charge in [-0.1, -0.05) is 11.3 Å². The number of nitrogens with one attached hydrogen (secondary N) is 1. The minimum Gasteiger partial charge on any atom is -0.383 e. The third kappa shape index (κ3) is 5.15. The van der Waals surface area contributed by atoms with Crippen molar-refractivity contribution in [2.24, 2.45) is 0 Å². The molecule has 1 aliphatic heterocycles. The summed E-state index contributed by atoms with van der Waals surface area (Å²) in [7, 11) is 3.83. The van der Waals surface area contributed by atoms with Gasteiger partial charge < -0.3 is 14.5 Å². The average Bonchev–Trinajstić information content (AvgIpc) is 3.23. The van der Waals surface area contributed by atoms with Crippen molar-refractivity contribution in [2.75, 3.05) is 45.7 Å². The minimum atomic E-state index is -0.124. The Bertz CT molecular complexity index is 1050. The summed E-state index contributed by atoms with van der Waals surface area (Å²) in [6.45, 7) is 4.99. The second-order valence-corrected chi connectivity index (χ2v) is 8.89. The van der Waals surface area contributed by atoms with Gasteiger partial charge in [0.25, 0.3) is 0 Å². The lowest BCUT2D eigenvalue weighted by Crippen LogP contribution is -2.47. The van der Waals surface area contributed by atoms with Crippen LogP contribution in [0, 0.1) is 6.92 Å². The summed E-state index contributed by atoms with van der Waals surface area (Å²) in [5.41, 5.74) is 1.52. The van der Waals surface area contributed by atoms with E-state index < -0.39 is 0 Å². The minimum absolute atomic E-state index is 0.124. The number of pyridine rings is 2. The molecule has 1 saturated heterocycles. The highest BCUT2D eigenvalue weighted by molar-refractivity contribution is 7.14. The number of urea groups is 1. The maximum absolute atomic E-state index is 12.7. The Labute approximate surface area is 185 Å². The molecule has 0 bridgehead atoms. The number of likely N-dealkylation sites (N-methyl/N-ethyl adjacent to an activating group) is 1. The average molecular weight is 442 g/mol. The topological polar surface area (TPSA) is 96.4 Å². The summed E-state index contributed by atoms with van der Waals surface area (Å²) in [6, 6.07) is 6.02. The fraction of sp³-hybridized carbons (Fsp3) is 0.476. The zero-order chi connectivity index (χ0) is 21.8. The number of piperidine rings is 1. The highest BCUT2D eigenvalue weighted by atomic mass is 32.1. The number of hydrogen-bond donors (Lipinski definition) is 1. The summed E-state index contributed by atoms with van der Waals surface area (Å²) in [5.74, 6) is 0.495. The number of nitrogens with zero attached hydrogens (tertiary/aromatic N) is 6. The highest BCUT2D eigenvalue weighted by Gasteiger charge is 2.25. The Morgan fingerprint density at radius 2 is 2.13 bits per heavy atom. The normalized spacial score (nSPS) is 15.0. The van der Waals surface area contributed by atoms with Crippen LogP contribution in [0.25, 0.3) is 21.6 Å². The Kier molecular flexibility index (Phi) is 6.69. The van der Waals surface area contributed by atoms with Gasteiger partial charge in [0.2, 0.25) is 0 Å². The zero-order valence-electron chi connectivity index (χ0n) is 18.0. The number of methoxy groups -OCH3 is 1. The van der Waals surface area contributed by atoms with Gasteiger partial charge in [-0.15, -0.1) is 10.2 Å². The van der Waals surface area contributed by atoms with Gasteiger partial charge >= 0.3 is 6.03 Å². The van der Waals surface area contributed by atoms with Crippen LogP contribution in [-0.4, -0.2) is 82.4 Å². The van der Waals surface area contributed by atoms with Crippen molar-refractivity contribution in [1.29, 1.82) is 0 Å². The Morgan fingerprint density at radius 3 is 2.84 bits per heavy atom. The molecule has 3 aromatic heterocycles. The molecule has 31 heavy (non-hydrogen) atoms. The number of anilines is 1. The van der Waals surface area contributed by atoms with Crippen molar-refractivity contribution >= 4 is 34.1 Å².